The van der Waals surface area contributed by atoms with Crippen LogP contribution < -0.4 is 19.7 Å². The summed E-state index contributed by atoms with van der Waals surface area (Å²) in [4.78, 5) is 6.90. The van der Waals surface area contributed by atoms with Gasteiger partial charge in [-0.25, -0.2) is 0 Å². The van der Waals surface area contributed by atoms with E-state index in [-0.39, 0.29) is 12.1 Å². The Labute approximate surface area is 213 Å². The second-order valence-electron chi connectivity index (χ2n) is 9.52. The lowest BCUT2D eigenvalue weighted by Crippen LogP contribution is -2.30. The van der Waals surface area contributed by atoms with E-state index in [1.807, 2.05) is 36.5 Å². The van der Waals surface area contributed by atoms with Gasteiger partial charge in [0.25, 0.3) is 0 Å². The first-order chi connectivity index (χ1) is 17.0. The summed E-state index contributed by atoms with van der Waals surface area (Å²) in [6.07, 6.45) is 8.28. The van der Waals surface area contributed by atoms with Crippen LogP contribution in [-0.2, 0) is 0 Å². The summed E-state index contributed by atoms with van der Waals surface area (Å²) in [5.41, 5.74) is 5.72. The van der Waals surface area contributed by atoms with E-state index >= 15 is 0 Å². The first kappa shape index (κ1) is 23.7. The molecule has 2 aromatic heterocycles. The second-order valence-corrected chi connectivity index (χ2v) is 9.91. The van der Waals surface area contributed by atoms with Gasteiger partial charge in [0.15, 0.2) is 5.11 Å². The van der Waals surface area contributed by atoms with Crippen molar-refractivity contribution < 1.29 is 9.47 Å². The Morgan fingerprint density at radius 1 is 1.00 bits per heavy atom. The van der Waals surface area contributed by atoms with Crippen LogP contribution in [0.5, 0.6) is 11.5 Å². The first-order valence-corrected chi connectivity index (χ1v) is 12.8. The molecule has 1 aliphatic heterocycles. The number of rotatable bonds is 6. The number of hydrogen-bond donors (Lipinski definition) is 1. The molecule has 2 fully saturated rings. The summed E-state index contributed by atoms with van der Waals surface area (Å²) in [5.74, 6) is 1.51. The Hall–Kier alpha value is -3.06. The number of methoxy groups -OCH3 is 2. The summed E-state index contributed by atoms with van der Waals surface area (Å²) in [6, 6.07) is 14.6. The fourth-order valence-corrected chi connectivity index (χ4v) is 6.26. The average molecular weight is 491 g/mol. The third-order valence-corrected chi connectivity index (χ3v) is 7.84. The molecule has 0 unspecified atom stereocenters. The van der Waals surface area contributed by atoms with Gasteiger partial charge in [-0.15, -0.1) is 0 Å². The number of hydrogen-bond acceptors (Lipinski definition) is 4. The molecule has 3 aromatic rings. The molecule has 0 amide bonds. The first-order valence-electron chi connectivity index (χ1n) is 12.4. The minimum Gasteiger partial charge on any atom is -0.497 e. The number of thiocarbonyl (C=S) groups is 1. The molecule has 0 spiro atoms. The van der Waals surface area contributed by atoms with Crippen LogP contribution >= 0.6 is 12.2 Å². The highest BCUT2D eigenvalue weighted by Gasteiger charge is 2.43. The maximum absolute atomic E-state index is 5.96. The molecule has 2 aliphatic rings. The number of pyridine rings is 1. The van der Waals surface area contributed by atoms with Crippen LogP contribution in [0.3, 0.4) is 0 Å². The van der Waals surface area contributed by atoms with Crippen LogP contribution in [-0.4, -0.2) is 28.9 Å². The van der Waals surface area contributed by atoms with Crippen LogP contribution in [0, 0.1) is 13.8 Å². The molecule has 1 N–H and O–H groups in total. The highest BCUT2D eigenvalue weighted by molar-refractivity contribution is 7.80. The molecule has 0 bridgehead atoms. The summed E-state index contributed by atoms with van der Waals surface area (Å²) in [6.45, 7) is 4.49. The monoisotopic (exact) mass is 490 g/mol. The Morgan fingerprint density at radius 3 is 2.49 bits per heavy atom. The smallest absolute Gasteiger partial charge is 0.174 e. The van der Waals surface area contributed by atoms with Crippen LogP contribution in [0.4, 0.5) is 5.69 Å². The second kappa shape index (κ2) is 9.90. The van der Waals surface area contributed by atoms with Crippen molar-refractivity contribution in [3.05, 3.63) is 71.3 Å². The SMILES string of the molecule is COc1ccc(OC)c(N2C(=S)N[C@H](c3ccccn3)[C@H]2c2cc(C)n(C3CCCCC3)c2C)c1. The van der Waals surface area contributed by atoms with Crippen molar-refractivity contribution in [2.75, 3.05) is 19.1 Å². The van der Waals surface area contributed by atoms with Crippen LogP contribution in [0.25, 0.3) is 0 Å². The summed E-state index contributed by atoms with van der Waals surface area (Å²) in [5, 5.41) is 4.23. The van der Waals surface area contributed by atoms with Crippen LogP contribution in [0.1, 0.15) is 72.9 Å². The van der Waals surface area contributed by atoms with Gasteiger partial charge in [-0.1, -0.05) is 25.3 Å². The average Bonchev–Trinajstić information content (AvgIpc) is 3.39. The number of anilines is 1. The number of nitrogens with zero attached hydrogens (tertiary/aromatic N) is 3. The standard InChI is InChI=1S/C28H34N4O2S/c1-18-16-22(19(2)31(18)20-10-6-5-7-11-20)27-26(23-12-8-9-15-29-23)30-28(35)32(27)24-17-21(33-3)13-14-25(24)34-4/h8-9,12-17,20,26-27H,5-7,10-11H2,1-4H3,(H,30,35)/t26-,27-/m1/s1. The van der Waals surface area contributed by atoms with Gasteiger partial charge < -0.3 is 24.3 Å². The summed E-state index contributed by atoms with van der Waals surface area (Å²) >= 11 is 5.96. The third-order valence-electron chi connectivity index (χ3n) is 7.53. The Morgan fingerprint density at radius 2 is 1.80 bits per heavy atom. The van der Waals surface area contributed by atoms with E-state index in [1.54, 1.807) is 14.2 Å². The molecule has 0 radical (unpaired) electrons. The molecule has 184 valence electrons. The van der Waals surface area contributed by atoms with Gasteiger partial charge >= 0.3 is 0 Å². The van der Waals surface area contributed by atoms with Crippen molar-refractivity contribution in [2.24, 2.45) is 0 Å². The Bertz CT molecular complexity index is 1200. The molecular weight excluding hydrogens is 456 g/mol. The molecule has 6 nitrogen and oxygen atoms in total. The maximum Gasteiger partial charge on any atom is 0.174 e. The van der Waals surface area contributed by atoms with Crippen LogP contribution in [0.15, 0.2) is 48.7 Å². The van der Waals surface area contributed by atoms with E-state index in [4.69, 9.17) is 26.7 Å². The molecule has 5 rings (SSSR count). The minimum absolute atomic E-state index is 0.0815. The number of nitrogens with one attached hydrogen (secondary N) is 1. The minimum atomic E-state index is -0.0973. The number of aromatic nitrogens is 2. The lowest BCUT2D eigenvalue weighted by Gasteiger charge is -2.30. The van der Waals surface area contributed by atoms with E-state index in [2.05, 4.69) is 40.8 Å². The molecule has 3 heterocycles. The van der Waals surface area contributed by atoms with Gasteiger partial charge in [0.2, 0.25) is 0 Å². The van der Waals surface area contributed by atoms with E-state index in [9.17, 15) is 0 Å². The number of aryl methyl sites for hydroxylation is 1. The zero-order valence-corrected chi connectivity index (χ0v) is 21.8. The normalized spacial score (nSPS) is 20.7. The molecule has 1 aromatic carbocycles. The molecule has 1 saturated heterocycles. The predicted octanol–water partition coefficient (Wildman–Crippen LogP) is 6.20. The molecule has 35 heavy (non-hydrogen) atoms. The van der Waals surface area contributed by atoms with Gasteiger partial charge in [0.1, 0.15) is 11.5 Å². The highest BCUT2D eigenvalue weighted by Crippen LogP contribution is 2.47. The van der Waals surface area contributed by atoms with E-state index < -0.39 is 0 Å². The van der Waals surface area contributed by atoms with Crippen molar-refractivity contribution in [3.8, 4) is 11.5 Å². The largest absolute Gasteiger partial charge is 0.497 e. The number of ether oxygens (including phenoxy) is 2. The molecule has 7 heteroatoms. The lowest BCUT2D eigenvalue weighted by molar-refractivity contribution is 0.345. The van der Waals surface area contributed by atoms with Crippen molar-refractivity contribution >= 4 is 23.0 Å². The Balaban J connectivity index is 1.67. The van der Waals surface area contributed by atoms with Crippen LogP contribution in [0.2, 0.25) is 0 Å². The van der Waals surface area contributed by atoms with Gasteiger partial charge in [-0.3, -0.25) is 4.98 Å². The Kier molecular flexibility index (Phi) is 6.69. The van der Waals surface area contributed by atoms with Crippen molar-refractivity contribution in [3.63, 3.8) is 0 Å². The van der Waals surface area contributed by atoms with Crippen molar-refractivity contribution in [1.82, 2.24) is 14.9 Å². The number of benzene rings is 1. The summed E-state index contributed by atoms with van der Waals surface area (Å²) < 4.78 is 13.9. The van der Waals surface area contributed by atoms with Crippen molar-refractivity contribution in [1.29, 1.82) is 0 Å². The maximum atomic E-state index is 5.96. The topological polar surface area (TPSA) is 51.6 Å². The van der Waals surface area contributed by atoms with Crippen molar-refractivity contribution in [2.45, 2.75) is 64.1 Å². The molecule has 1 saturated carbocycles. The molecule has 2 atom stereocenters. The zero-order chi connectivity index (χ0) is 24.5. The van der Waals surface area contributed by atoms with E-state index in [0.29, 0.717) is 11.2 Å². The summed E-state index contributed by atoms with van der Waals surface area (Å²) in [7, 11) is 3.37. The van der Waals surface area contributed by atoms with E-state index in [0.717, 1.165) is 22.9 Å². The lowest BCUT2D eigenvalue weighted by atomic mass is 9.94. The fraction of sp³-hybridized carbons (Fsp3) is 0.429. The van der Waals surface area contributed by atoms with E-state index in [1.165, 1.54) is 49.1 Å². The zero-order valence-electron chi connectivity index (χ0n) is 21.0. The van der Waals surface area contributed by atoms with Gasteiger partial charge in [-0.2, -0.15) is 0 Å². The predicted molar refractivity (Wildman–Crippen MR) is 144 cm³/mol. The molecule has 1 aliphatic carbocycles. The quantitative estimate of drug-likeness (QED) is 0.415. The van der Waals surface area contributed by atoms with Gasteiger partial charge in [0, 0.05) is 29.7 Å². The van der Waals surface area contributed by atoms with Gasteiger partial charge in [-0.05, 0) is 74.8 Å². The third kappa shape index (κ3) is 4.27. The fourth-order valence-electron chi connectivity index (χ4n) is 5.92. The van der Waals surface area contributed by atoms with Gasteiger partial charge in [0.05, 0.1) is 37.7 Å². The molecular formula is C28H34N4O2S. The highest BCUT2D eigenvalue weighted by atomic mass is 32.1.